The zero-order chi connectivity index (χ0) is 30.8. The largest absolute Gasteiger partial charge is 0.508 e. The van der Waals surface area contributed by atoms with Crippen molar-refractivity contribution in [2.75, 3.05) is 5.75 Å². The number of hydrogen-bond acceptors (Lipinski definition) is 8. The van der Waals surface area contributed by atoms with Crippen molar-refractivity contribution in [1.29, 1.82) is 0 Å². The summed E-state index contributed by atoms with van der Waals surface area (Å²) in [6.45, 7) is 0. The number of aliphatic carboxylic acids is 2. The zero-order valence-corrected chi connectivity index (χ0v) is 23.3. The number of carbonyl (C=O) groups is 5. The van der Waals surface area contributed by atoms with Crippen molar-refractivity contribution in [2.24, 2.45) is 5.73 Å². The summed E-state index contributed by atoms with van der Waals surface area (Å²) in [5.74, 6) is -5.10. The third kappa shape index (κ3) is 8.97. The van der Waals surface area contributed by atoms with Crippen LogP contribution in [-0.2, 0) is 36.8 Å². The average molecular weight is 600 g/mol. The maximum Gasteiger partial charge on any atom is 0.326 e. The fraction of sp³-hybridized carbons (Fsp3) is 0.321. The predicted octanol–water partition coefficient (Wildman–Crippen LogP) is 0.320. The summed E-state index contributed by atoms with van der Waals surface area (Å²) < 4.78 is 0. The van der Waals surface area contributed by atoms with E-state index in [2.05, 4.69) is 33.6 Å². The molecule has 3 aromatic rings. The molecule has 0 radical (unpaired) electrons. The number of aromatic hydroxyl groups is 1. The number of fused-ring (bicyclic) bond motifs is 1. The number of benzene rings is 2. The van der Waals surface area contributed by atoms with Crippen molar-refractivity contribution >= 4 is 53.2 Å². The molecule has 13 nitrogen and oxygen atoms in total. The molecule has 0 aliphatic heterocycles. The summed E-state index contributed by atoms with van der Waals surface area (Å²) in [6, 6.07) is 8.30. The number of carboxylic acid groups (broad SMARTS) is 2. The first-order valence-electron chi connectivity index (χ1n) is 13.0. The topological polar surface area (TPSA) is 224 Å². The summed E-state index contributed by atoms with van der Waals surface area (Å²) in [4.78, 5) is 64.8. The number of amides is 3. The number of nitrogens with one attached hydrogen (secondary N) is 4. The third-order valence-electron chi connectivity index (χ3n) is 6.54. The van der Waals surface area contributed by atoms with Crippen LogP contribution in [0.25, 0.3) is 10.9 Å². The highest BCUT2D eigenvalue weighted by Crippen LogP contribution is 2.19. The summed E-state index contributed by atoms with van der Waals surface area (Å²) in [5, 5.41) is 36.2. The Balaban J connectivity index is 1.71. The van der Waals surface area contributed by atoms with Gasteiger partial charge in [-0.15, -0.1) is 0 Å². The molecule has 0 spiro atoms. The lowest BCUT2D eigenvalue weighted by molar-refractivity contribution is -0.143. The van der Waals surface area contributed by atoms with Crippen LogP contribution in [0.15, 0.2) is 54.7 Å². The maximum absolute atomic E-state index is 13.2. The van der Waals surface area contributed by atoms with E-state index < -0.39 is 60.2 Å². The molecule has 4 atom stereocenters. The van der Waals surface area contributed by atoms with Gasteiger partial charge in [-0.05, 0) is 42.2 Å². The lowest BCUT2D eigenvalue weighted by atomic mass is 10.0. The van der Waals surface area contributed by atoms with E-state index >= 15 is 0 Å². The van der Waals surface area contributed by atoms with Crippen LogP contribution >= 0.6 is 12.6 Å². The van der Waals surface area contributed by atoms with Crippen molar-refractivity contribution < 1.29 is 39.3 Å². The second kappa shape index (κ2) is 14.9. The molecule has 0 bridgehead atoms. The highest BCUT2D eigenvalue weighted by Gasteiger charge is 2.30. The van der Waals surface area contributed by atoms with Crippen LogP contribution in [-0.4, -0.2) is 79.9 Å². The van der Waals surface area contributed by atoms with E-state index in [0.717, 1.165) is 16.5 Å². The lowest BCUT2D eigenvalue weighted by Crippen LogP contribution is -2.58. The number of aromatic nitrogens is 1. The van der Waals surface area contributed by atoms with Crippen LogP contribution in [0.3, 0.4) is 0 Å². The van der Waals surface area contributed by atoms with E-state index in [1.165, 1.54) is 24.3 Å². The normalized spacial score (nSPS) is 13.9. The van der Waals surface area contributed by atoms with Gasteiger partial charge >= 0.3 is 11.9 Å². The van der Waals surface area contributed by atoms with Gasteiger partial charge < -0.3 is 42.0 Å². The van der Waals surface area contributed by atoms with Gasteiger partial charge in [0.1, 0.15) is 23.9 Å². The molecule has 224 valence electrons. The van der Waals surface area contributed by atoms with Gasteiger partial charge in [-0.1, -0.05) is 30.3 Å². The first-order valence-corrected chi connectivity index (χ1v) is 13.7. The Labute approximate surface area is 246 Å². The van der Waals surface area contributed by atoms with Crippen LogP contribution in [0.5, 0.6) is 5.75 Å². The molecular weight excluding hydrogens is 566 g/mol. The number of phenolic OH excluding ortho intramolecular Hbond substituents is 1. The van der Waals surface area contributed by atoms with Crippen LogP contribution in [0, 0.1) is 0 Å². The number of H-pyrrole nitrogens is 1. The molecule has 0 aliphatic rings. The van der Waals surface area contributed by atoms with Gasteiger partial charge in [0.05, 0.1) is 6.04 Å². The molecule has 4 unspecified atom stereocenters. The molecule has 3 rings (SSSR count). The molecule has 14 heteroatoms. The van der Waals surface area contributed by atoms with E-state index in [1.807, 2.05) is 24.3 Å². The van der Waals surface area contributed by atoms with Gasteiger partial charge in [0.25, 0.3) is 0 Å². The minimum absolute atomic E-state index is 0.0229. The highest BCUT2D eigenvalue weighted by atomic mass is 32.1. The smallest absolute Gasteiger partial charge is 0.326 e. The first-order chi connectivity index (χ1) is 20.0. The highest BCUT2D eigenvalue weighted by molar-refractivity contribution is 7.80. The molecule has 0 aliphatic carbocycles. The summed E-state index contributed by atoms with van der Waals surface area (Å²) in [7, 11) is 0. The fourth-order valence-electron chi connectivity index (χ4n) is 4.25. The quantitative estimate of drug-likeness (QED) is 0.110. The predicted molar refractivity (Wildman–Crippen MR) is 156 cm³/mol. The molecular formula is C28H33N5O8S. The van der Waals surface area contributed by atoms with Gasteiger partial charge in [-0.3, -0.25) is 19.2 Å². The van der Waals surface area contributed by atoms with Gasteiger partial charge in [-0.25, -0.2) is 4.79 Å². The minimum Gasteiger partial charge on any atom is -0.508 e. The molecule has 9 N–H and O–H groups in total. The minimum atomic E-state index is -1.52. The SMILES string of the molecule is NC(Cc1c[nH]c2ccccc12)C(=O)NC(CS)C(=O)NC(Cc1ccc(O)cc1)C(=O)NC(CCC(=O)O)C(=O)O. The Morgan fingerprint density at radius 3 is 2.10 bits per heavy atom. The number of carbonyl (C=O) groups excluding carboxylic acids is 3. The Bertz CT molecular complexity index is 1430. The Morgan fingerprint density at radius 1 is 0.833 bits per heavy atom. The molecule has 0 saturated carbocycles. The number of para-hydroxylation sites is 1. The number of hydrogen-bond donors (Lipinski definition) is 9. The van der Waals surface area contributed by atoms with Crippen molar-refractivity contribution in [3.05, 3.63) is 65.9 Å². The van der Waals surface area contributed by atoms with Crippen LogP contribution in [0.1, 0.15) is 24.0 Å². The summed E-state index contributed by atoms with van der Waals surface area (Å²) in [5.41, 5.74) is 8.37. The number of carboxylic acids is 2. The first kappa shape index (κ1) is 32.0. The van der Waals surface area contributed by atoms with Crippen LogP contribution in [0.4, 0.5) is 0 Å². The van der Waals surface area contributed by atoms with E-state index in [9.17, 15) is 34.2 Å². The van der Waals surface area contributed by atoms with Crippen molar-refractivity contribution in [3.8, 4) is 5.75 Å². The Morgan fingerprint density at radius 2 is 1.45 bits per heavy atom. The maximum atomic E-state index is 13.2. The summed E-state index contributed by atoms with van der Waals surface area (Å²) >= 11 is 4.17. The van der Waals surface area contributed by atoms with E-state index in [-0.39, 0.29) is 30.8 Å². The number of nitrogens with two attached hydrogens (primary N) is 1. The lowest BCUT2D eigenvalue weighted by Gasteiger charge is -2.24. The van der Waals surface area contributed by atoms with Crippen molar-refractivity contribution in [2.45, 2.75) is 49.9 Å². The van der Waals surface area contributed by atoms with Crippen LogP contribution < -0.4 is 21.7 Å². The van der Waals surface area contributed by atoms with Gasteiger partial charge in [0.2, 0.25) is 17.7 Å². The van der Waals surface area contributed by atoms with Crippen molar-refractivity contribution in [1.82, 2.24) is 20.9 Å². The molecule has 1 aromatic heterocycles. The molecule has 3 amide bonds. The molecule has 0 saturated heterocycles. The summed E-state index contributed by atoms with van der Waals surface area (Å²) in [6.07, 6.45) is 0.971. The second-order valence-electron chi connectivity index (χ2n) is 9.68. The molecule has 1 heterocycles. The van der Waals surface area contributed by atoms with Gasteiger partial charge in [-0.2, -0.15) is 12.6 Å². The fourth-order valence-corrected chi connectivity index (χ4v) is 4.51. The zero-order valence-electron chi connectivity index (χ0n) is 22.4. The standard InChI is InChI=1S/C28H33N5O8S/c29-19(12-16-13-30-20-4-2-1-3-18(16)20)25(37)33-23(14-42)27(39)32-22(11-15-5-7-17(34)8-6-15)26(38)31-21(28(40)41)9-10-24(35)36/h1-8,13,19,21-23,30,34,42H,9-12,14,29H2,(H,31,38)(H,32,39)(H,33,37)(H,35,36)(H,40,41). The van der Waals surface area contributed by atoms with Gasteiger partial charge in [0.15, 0.2) is 0 Å². The third-order valence-corrected chi connectivity index (χ3v) is 6.90. The monoisotopic (exact) mass is 599 g/mol. The van der Waals surface area contributed by atoms with Gasteiger partial charge in [0, 0.05) is 35.7 Å². The van der Waals surface area contributed by atoms with E-state index in [1.54, 1.807) is 6.20 Å². The van der Waals surface area contributed by atoms with E-state index in [4.69, 9.17) is 10.8 Å². The average Bonchev–Trinajstić information content (AvgIpc) is 3.36. The van der Waals surface area contributed by atoms with Crippen molar-refractivity contribution in [3.63, 3.8) is 0 Å². The van der Waals surface area contributed by atoms with E-state index in [0.29, 0.717) is 5.56 Å². The molecule has 0 fully saturated rings. The Kier molecular flexibility index (Phi) is 11.3. The molecule has 42 heavy (non-hydrogen) atoms. The number of rotatable bonds is 15. The number of phenols is 1. The number of aromatic amines is 1. The second-order valence-corrected chi connectivity index (χ2v) is 10.0. The van der Waals surface area contributed by atoms with Crippen LogP contribution in [0.2, 0.25) is 0 Å². The molecule has 2 aromatic carbocycles. The Hall–Kier alpha value is -4.56. The number of thiol groups is 1.